The third-order valence-electron chi connectivity index (χ3n) is 6.84. The highest BCUT2D eigenvalue weighted by Crippen LogP contribution is 2.41. The van der Waals surface area contributed by atoms with Gasteiger partial charge in [-0.3, -0.25) is 9.59 Å². The van der Waals surface area contributed by atoms with Crippen LogP contribution in [0.4, 0.5) is 0 Å². The van der Waals surface area contributed by atoms with Crippen LogP contribution in [0.15, 0.2) is 78.4 Å². The number of ether oxygens (including phenoxy) is 2. The Hall–Kier alpha value is -4.06. The van der Waals surface area contributed by atoms with Crippen LogP contribution in [0.2, 0.25) is 0 Å². The molecule has 1 fully saturated rings. The fraction of sp³-hybridized carbons (Fsp3) is 0.290. The highest BCUT2D eigenvalue weighted by Gasteiger charge is 2.46. The normalized spacial score (nSPS) is 20.1. The number of rotatable bonds is 8. The number of carbonyl (C=O) groups excluding carboxylic acids is 2. The summed E-state index contributed by atoms with van der Waals surface area (Å²) < 4.78 is 11.6. The lowest BCUT2D eigenvalue weighted by molar-refractivity contribution is -0.139. The summed E-state index contributed by atoms with van der Waals surface area (Å²) in [4.78, 5) is 28.3. The zero-order valence-corrected chi connectivity index (χ0v) is 21.1. The molecule has 2 unspecified atom stereocenters. The van der Waals surface area contributed by atoms with Gasteiger partial charge in [-0.05, 0) is 66.8 Å². The zero-order chi connectivity index (χ0) is 25.9. The lowest BCUT2D eigenvalue weighted by Gasteiger charge is -2.26. The average Bonchev–Trinajstić information content (AvgIpc) is 3.41. The van der Waals surface area contributed by atoms with Gasteiger partial charge in [-0.1, -0.05) is 49.4 Å². The first-order valence-electron chi connectivity index (χ1n) is 12.8. The number of benzene rings is 3. The Balaban J connectivity index is 1.57. The SMILES string of the molecule is CCCOc1cccc(C2C(=C(O)c3ccc4c(c3)CC(C)O4)C(=O)C(=O)N2CCc2ccccc2)c1. The van der Waals surface area contributed by atoms with E-state index in [0.29, 0.717) is 30.9 Å². The maximum atomic E-state index is 13.4. The van der Waals surface area contributed by atoms with Gasteiger partial charge in [-0.25, -0.2) is 0 Å². The summed E-state index contributed by atoms with van der Waals surface area (Å²) in [6.45, 7) is 4.93. The Morgan fingerprint density at radius 1 is 1.05 bits per heavy atom. The number of hydrogen-bond donors (Lipinski definition) is 1. The molecule has 0 spiro atoms. The third-order valence-corrected chi connectivity index (χ3v) is 6.84. The van der Waals surface area contributed by atoms with Crippen molar-refractivity contribution in [3.8, 4) is 11.5 Å². The summed E-state index contributed by atoms with van der Waals surface area (Å²) in [5.41, 5.74) is 3.36. The second-order valence-corrected chi connectivity index (χ2v) is 9.60. The molecule has 0 radical (unpaired) electrons. The van der Waals surface area contributed by atoms with Crippen LogP contribution in [0, 0.1) is 0 Å². The van der Waals surface area contributed by atoms with Crippen molar-refractivity contribution in [2.24, 2.45) is 0 Å². The van der Waals surface area contributed by atoms with Crippen LogP contribution in [0.3, 0.4) is 0 Å². The molecule has 1 amide bonds. The topological polar surface area (TPSA) is 76.1 Å². The minimum Gasteiger partial charge on any atom is -0.507 e. The van der Waals surface area contributed by atoms with Crippen LogP contribution >= 0.6 is 0 Å². The number of fused-ring (bicyclic) bond motifs is 1. The number of hydrogen-bond acceptors (Lipinski definition) is 5. The van der Waals surface area contributed by atoms with Crippen LogP contribution in [-0.2, 0) is 22.4 Å². The van der Waals surface area contributed by atoms with Crippen LogP contribution in [0.1, 0.15) is 48.6 Å². The standard InChI is InChI=1S/C31H31NO5/c1-3-16-36-25-11-7-10-22(19-25)28-27(29(33)23-12-13-26-24(18-23)17-20(2)37-26)30(34)31(35)32(28)15-14-21-8-5-4-6-9-21/h4-13,18-20,28,33H,3,14-17H2,1-2H3. The van der Waals surface area contributed by atoms with Crippen LogP contribution < -0.4 is 9.47 Å². The minimum atomic E-state index is -0.725. The molecule has 3 aromatic carbocycles. The predicted octanol–water partition coefficient (Wildman–Crippen LogP) is 5.46. The van der Waals surface area contributed by atoms with Crippen LogP contribution in [0.25, 0.3) is 5.76 Å². The Morgan fingerprint density at radius 3 is 2.65 bits per heavy atom. The molecule has 6 nitrogen and oxygen atoms in total. The van der Waals surface area contributed by atoms with Crippen molar-refractivity contribution in [3.05, 3.63) is 101 Å². The first-order chi connectivity index (χ1) is 18.0. The molecule has 2 aliphatic rings. The fourth-order valence-electron chi connectivity index (χ4n) is 5.07. The number of likely N-dealkylation sites (tertiary alicyclic amines) is 1. The van der Waals surface area contributed by atoms with Crippen molar-refractivity contribution in [1.82, 2.24) is 4.90 Å². The van der Waals surface area contributed by atoms with Gasteiger partial charge in [0.15, 0.2) is 0 Å². The van der Waals surface area contributed by atoms with E-state index in [4.69, 9.17) is 9.47 Å². The summed E-state index contributed by atoms with van der Waals surface area (Å²) in [5.74, 6) is -0.0184. The van der Waals surface area contributed by atoms with Gasteiger partial charge in [0, 0.05) is 18.5 Å². The molecule has 2 atom stereocenters. The van der Waals surface area contributed by atoms with Crippen molar-refractivity contribution < 1.29 is 24.2 Å². The molecule has 37 heavy (non-hydrogen) atoms. The van der Waals surface area contributed by atoms with E-state index in [9.17, 15) is 14.7 Å². The second kappa shape index (κ2) is 10.5. The van der Waals surface area contributed by atoms with Gasteiger partial charge in [0.1, 0.15) is 23.4 Å². The van der Waals surface area contributed by atoms with Crippen LogP contribution in [-0.4, -0.2) is 41.0 Å². The molecule has 3 aromatic rings. The molecule has 5 rings (SSSR count). The average molecular weight is 498 g/mol. The lowest BCUT2D eigenvalue weighted by atomic mass is 9.94. The van der Waals surface area contributed by atoms with E-state index in [2.05, 4.69) is 0 Å². The molecule has 1 saturated heterocycles. The van der Waals surface area contributed by atoms with Crippen molar-refractivity contribution >= 4 is 17.4 Å². The number of aliphatic hydroxyl groups excluding tert-OH is 1. The van der Waals surface area contributed by atoms with Crippen molar-refractivity contribution in [3.63, 3.8) is 0 Å². The Morgan fingerprint density at radius 2 is 1.86 bits per heavy atom. The maximum absolute atomic E-state index is 13.4. The van der Waals surface area contributed by atoms with Crippen LogP contribution in [0.5, 0.6) is 11.5 Å². The molecule has 0 bridgehead atoms. The van der Waals surface area contributed by atoms with E-state index in [1.54, 1.807) is 11.0 Å². The minimum absolute atomic E-state index is 0.0572. The first kappa shape index (κ1) is 24.6. The summed E-state index contributed by atoms with van der Waals surface area (Å²) in [6, 6.07) is 22.0. The van der Waals surface area contributed by atoms with E-state index >= 15 is 0 Å². The zero-order valence-electron chi connectivity index (χ0n) is 21.1. The number of aliphatic hydroxyl groups is 1. The summed E-state index contributed by atoms with van der Waals surface area (Å²) >= 11 is 0. The monoisotopic (exact) mass is 497 g/mol. The lowest BCUT2D eigenvalue weighted by Crippen LogP contribution is -2.31. The summed E-state index contributed by atoms with van der Waals surface area (Å²) in [7, 11) is 0. The van der Waals surface area contributed by atoms with Gasteiger partial charge in [-0.2, -0.15) is 0 Å². The van der Waals surface area contributed by atoms with Gasteiger partial charge in [0.2, 0.25) is 0 Å². The third kappa shape index (κ3) is 4.96. The summed E-state index contributed by atoms with van der Waals surface area (Å²) in [6.07, 6.45) is 2.23. The molecule has 0 aliphatic carbocycles. The van der Waals surface area contributed by atoms with Crippen molar-refractivity contribution in [2.75, 3.05) is 13.2 Å². The molecular weight excluding hydrogens is 466 g/mol. The summed E-state index contributed by atoms with van der Waals surface area (Å²) in [5, 5.41) is 11.5. The molecule has 0 saturated carbocycles. The maximum Gasteiger partial charge on any atom is 0.295 e. The molecule has 190 valence electrons. The van der Waals surface area contributed by atoms with E-state index in [1.807, 2.05) is 80.6 Å². The van der Waals surface area contributed by atoms with E-state index in [1.165, 1.54) is 0 Å². The smallest absolute Gasteiger partial charge is 0.295 e. The number of nitrogens with zero attached hydrogens (tertiary/aromatic N) is 1. The number of carbonyl (C=O) groups is 2. The van der Waals surface area contributed by atoms with E-state index < -0.39 is 17.7 Å². The Kier molecular flexibility index (Phi) is 6.99. The quantitative estimate of drug-likeness (QED) is 0.254. The molecule has 2 heterocycles. The predicted molar refractivity (Wildman–Crippen MR) is 142 cm³/mol. The molecule has 6 heteroatoms. The highest BCUT2D eigenvalue weighted by atomic mass is 16.5. The van der Waals surface area contributed by atoms with Crippen molar-refractivity contribution in [2.45, 2.75) is 45.3 Å². The molecule has 0 aromatic heterocycles. The van der Waals surface area contributed by atoms with Gasteiger partial charge in [-0.15, -0.1) is 0 Å². The first-order valence-corrected chi connectivity index (χ1v) is 12.8. The highest BCUT2D eigenvalue weighted by molar-refractivity contribution is 6.46. The van der Waals surface area contributed by atoms with E-state index in [0.717, 1.165) is 35.3 Å². The van der Waals surface area contributed by atoms with E-state index in [-0.39, 0.29) is 17.4 Å². The number of Topliss-reactive ketones (excluding diaryl/α,β-unsaturated/α-hetero) is 1. The second-order valence-electron chi connectivity index (χ2n) is 9.60. The fourth-order valence-corrected chi connectivity index (χ4v) is 5.07. The number of amides is 1. The Bertz CT molecular complexity index is 1350. The van der Waals surface area contributed by atoms with Gasteiger partial charge >= 0.3 is 0 Å². The van der Waals surface area contributed by atoms with Gasteiger partial charge < -0.3 is 19.5 Å². The molecule has 2 aliphatic heterocycles. The molecule has 1 N–H and O–H groups in total. The van der Waals surface area contributed by atoms with Gasteiger partial charge in [0.25, 0.3) is 11.7 Å². The van der Waals surface area contributed by atoms with Crippen molar-refractivity contribution in [1.29, 1.82) is 0 Å². The largest absolute Gasteiger partial charge is 0.507 e. The van der Waals surface area contributed by atoms with Gasteiger partial charge in [0.05, 0.1) is 18.2 Å². The molecular formula is C31H31NO5. The number of ketones is 1. The Labute approximate surface area is 217 Å².